The van der Waals surface area contributed by atoms with E-state index in [0.717, 1.165) is 37.0 Å². The van der Waals surface area contributed by atoms with E-state index in [0.29, 0.717) is 0 Å². The second kappa shape index (κ2) is 13.4. The largest absolute Gasteiger partial charge is 0.463 e. The Bertz CT molecular complexity index is 717. The minimum absolute atomic E-state index is 0.0171. The third-order valence-electron chi connectivity index (χ3n) is 7.09. The van der Waals surface area contributed by atoms with E-state index in [4.69, 9.17) is 13.6 Å². The van der Waals surface area contributed by atoms with Crippen LogP contribution in [0, 0.1) is 10.8 Å². The Morgan fingerprint density at radius 3 is 1.46 bits per heavy atom. The summed E-state index contributed by atoms with van der Waals surface area (Å²) in [6.07, 6.45) is 1.87. The van der Waals surface area contributed by atoms with Crippen LogP contribution in [0.15, 0.2) is 0 Å². The summed E-state index contributed by atoms with van der Waals surface area (Å²) in [7, 11) is -5.70. The van der Waals surface area contributed by atoms with Crippen molar-refractivity contribution in [3.05, 3.63) is 0 Å². The molecule has 0 amide bonds. The van der Waals surface area contributed by atoms with Crippen molar-refractivity contribution in [1.82, 2.24) is 0 Å². The van der Waals surface area contributed by atoms with Crippen LogP contribution < -0.4 is 0 Å². The fourth-order valence-electron chi connectivity index (χ4n) is 4.52. The van der Waals surface area contributed by atoms with Crippen molar-refractivity contribution in [2.45, 2.75) is 156 Å². The van der Waals surface area contributed by atoms with E-state index in [2.05, 4.69) is 65.5 Å². The van der Waals surface area contributed by atoms with Crippen LogP contribution in [0.5, 0.6) is 0 Å². The Morgan fingerprint density at radius 2 is 1.14 bits per heavy atom. The predicted molar refractivity (Wildman–Crippen MR) is 170 cm³/mol. The molecule has 0 spiro atoms. The fraction of sp³-hybridized carbons (Fsp3) is 0.929. The number of hydrogen-bond donors (Lipinski definition) is 0. The van der Waals surface area contributed by atoms with Crippen LogP contribution in [-0.4, -0.2) is 56.9 Å². The van der Waals surface area contributed by atoms with Gasteiger partial charge in [0.1, 0.15) is 6.10 Å². The van der Waals surface area contributed by atoms with Gasteiger partial charge in [-0.15, -0.1) is 0 Å². The first kappa shape index (κ1) is 36.8. The van der Waals surface area contributed by atoms with Gasteiger partial charge in [0.05, 0.1) is 16.9 Å². The number of rotatable bonds is 10. The van der Waals surface area contributed by atoms with Crippen molar-refractivity contribution in [1.29, 1.82) is 0 Å². The molecule has 0 radical (unpaired) electrons. The summed E-state index contributed by atoms with van der Waals surface area (Å²) in [5.74, 6) is -0.0667. The van der Waals surface area contributed by atoms with E-state index in [9.17, 15) is 9.59 Å². The third kappa shape index (κ3) is 15.2. The lowest BCUT2D eigenvalue weighted by Crippen LogP contribution is -2.54. The Labute approximate surface area is 234 Å². The zero-order valence-electron chi connectivity index (χ0n) is 27.4. The molecule has 0 unspecified atom stereocenters. The zero-order valence-corrected chi connectivity index (χ0v) is 31.4. The van der Waals surface area contributed by atoms with Crippen LogP contribution in [0.25, 0.3) is 0 Å². The summed E-state index contributed by atoms with van der Waals surface area (Å²) >= 11 is 0. The van der Waals surface area contributed by atoms with Crippen molar-refractivity contribution in [3.8, 4) is 0 Å². The molecule has 0 aliphatic carbocycles. The average molecular weight is 591 g/mol. The Hall–Kier alpha value is -0.232. The molecule has 0 aromatic carbocycles. The quantitative estimate of drug-likeness (QED) is 0.188. The molecule has 5 nitrogen and oxygen atoms in total. The Balaban J connectivity index is 0.000000701. The Kier molecular flexibility index (Phi) is 13.3. The maximum Gasteiger partial charge on any atom is 0.311 e. The molecular weight excluding hydrogens is 529 g/mol. The normalized spacial score (nSPS) is 18.6. The first-order chi connectivity index (χ1) is 16.2. The number of ether oxygens (including phenoxy) is 2. The summed E-state index contributed by atoms with van der Waals surface area (Å²) in [5, 5.41) is 0. The summed E-state index contributed by atoms with van der Waals surface area (Å²) in [6, 6.07) is 4.05. The number of carbonyl (C=O) groups excluding carboxylic acids is 2. The molecule has 1 heterocycles. The van der Waals surface area contributed by atoms with Crippen LogP contribution in [0.1, 0.15) is 54.4 Å². The smallest absolute Gasteiger partial charge is 0.311 e. The van der Waals surface area contributed by atoms with Gasteiger partial charge >= 0.3 is 11.9 Å². The van der Waals surface area contributed by atoms with E-state index in [1.807, 2.05) is 41.5 Å². The van der Waals surface area contributed by atoms with Crippen molar-refractivity contribution in [3.63, 3.8) is 0 Å². The van der Waals surface area contributed by atoms with Gasteiger partial charge in [0.15, 0.2) is 16.6 Å². The van der Waals surface area contributed by atoms with E-state index in [1.165, 1.54) is 0 Å². The lowest BCUT2D eigenvalue weighted by atomic mass is 9.90. The highest BCUT2D eigenvalue weighted by Crippen LogP contribution is 2.35. The molecule has 0 atom stereocenters. The van der Waals surface area contributed by atoms with E-state index < -0.39 is 32.8 Å². The number of carbonyl (C=O) groups is 2. The van der Waals surface area contributed by atoms with Crippen molar-refractivity contribution < 1.29 is 23.2 Å². The van der Waals surface area contributed by atoms with Crippen molar-refractivity contribution in [2.75, 3.05) is 0 Å². The SMILES string of the molecule is CCC(C)(C)C(=O)OC(C[Si](C)(C)C)C[Si](C)(C)C.CCC(C)(C)C(=O)OC1C[Si](C)(C)O[Si](C)(C)C1. The monoisotopic (exact) mass is 590 g/mol. The van der Waals surface area contributed by atoms with Gasteiger partial charge in [0.2, 0.25) is 0 Å². The minimum atomic E-state index is -1.64. The maximum atomic E-state index is 12.3. The molecule has 0 aromatic heterocycles. The van der Waals surface area contributed by atoms with E-state index in [1.54, 1.807) is 0 Å². The molecule has 1 aliphatic rings. The van der Waals surface area contributed by atoms with Gasteiger partial charge in [0.25, 0.3) is 0 Å². The van der Waals surface area contributed by atoms with E-state index >= 15 is 0 Å². The molecule has 1 aliphatic heterocycles. The molecule has 37 heavy (non-hydrogen) atoms. The first-order valence-electron chi connectivity index (χ1n) is 14.4. The highest BCUT2D eigenvalue weighted by molar-refractivity contribution is 6.86. The molecule has 0 bridgehead atoms. The van der Waals surface area contributed by atoms with Crippen LogP contribution in [-0.2, 0) is 23.2 Å². The van der Waals surface area contributed by atoms with Gasteiger partial charge in [-0.2, -0.15) is 0 Å². The van der Waals surface area contributed by atoms with Gasteiger partial charge < -0.3 is 13.6 Å². The second-order valence-corrected chi connectivity index (χ2v) is 35.8. The summed E-state index contributed by atoms with van der Waals surface area (Å²) in [4.78, 5) is 24.4. The number of esters is 2. The lowest BCUT2D eigenvalue weighted by Gasteiger charge is -2.43. The van der Waals surface area contributed by atoms with Crippen LogP contribution >= 0.6 is 0 Å². The molecule has 220 valence electrons. The standard InChI is InChI=1S/C15H34O2Si2.C13H28O3Si2/c1-10-15(2,3)14(16)17-13(11-18(4,5)6)12-19(7,8)9;1-8-13(2,3)12(14)15-11-9-17(4,5)16-18(6,7)10-11/h13H,10-12H2,1-9H3;11H,8-10H2,1-7H3. The van der Waals surface area contributed by atoms with Crippen molar-refractivity contribution >= 4 is 44.7 Å². The third-order valence-corrected chi connectivity index (χ3v) is 17.7. The topological polar surface area (TPSA) is 61.8 Å². The predicted octanol–water partition coefficient (Wildman–Crippen LogP) is 8.79. The Morgan fingerprint density at radius 1 is 0.784 bits per heavy atom. The lowest BCUT2D eigenvalue weighted by molar-refractivity contribution is -0.159. The molecule has 1 saturated heterocycles. The fourth-order valence-corrected chi connectivity index (χ4v) is 17.6. The summed E-state index contributed by atoms with van der Waals surface area (Å²) in [5.41, 5.74) is -0.715. The molecule has 0 N–H and O–H groups in total. The highest BCUT2D eigenvalue weighted by Gasteiger charge is 2.44. The number of hydrogen-bond acceptors (Lipinski definition) is 5. The van der Waals surface area contributed by atoms with Gasteiger partial charge in [-0.3, -0.25) is 9.59 Å². The first-order valence-corrected chi connectivity index (χ1v) is 28.0. The molecule has 1 rings (SSSR count). The summed E-state index contributed by atoms with van der Waals surface area (Å²) in [6.45, 7) is 35.0. The van der Waals surface area contributed by atoms with Gasteiger partial charge in [-0.25, -0.2) is 0 Å². The molecule has 0 saturated carbocycles. The second-order valence-electron chi connectivity index (χ2n) is 16.1. The van der Waals surface area contributed by atoms with Crippen molar-refractivity contribution in [2.24, 2.45) is 10.8 Å². The van der Waals surface area contributed by atoms with Gasteiger partial charge in [0, 0.05) is 28.2 Å². The average Bonchev–Trinajstić information content (AvgIpc) is 2.63. The van der Waals surface area contributed by atoms with Crippen LogP contribution in [0.4, 0.5) is 0 Å². The van der Waals surface area contributed by atoms with Gasteiger partial charge in [-0.05, 0) is 78.8 Å². The molecular formula is C28H62O5Si4. The van der Waals surface area contributed by atoms with Gasteiger partial charge in [-0.1, -0.05) is 53.1 Å². The van der Waals surface area contributed by atoms with Crippen LogP contribution in [0.2, 0.25) is 89.6 Å². The zero-order chi connectivity index (χ0) is 29.7. The minimum Gasteiger partial charge on any atom is -0.463 e. The molecule has 1 fully saturated rings. The maximum absolute atomic E-state index is 12.3. The van der Waals surface area contributed by atoms with Crippen LogP contribution in [0.3, 0.4) is 0 Å². The molecule has 9 heteroatoms. The summed E-state index contributed by atoms with van der Waals surface area (Å²) < 4.78 is 17.9. The highest BCUT2D eigenvalue weighted by atomic mass is 28.4. The van der Waals surface area contributed by atoms with E-state index in [-0.39, 0.29) is 35.0 Å². The molecule has 0 aromatic rings.